The van der Waals surface area contributed by atoms with Crippen LogP contribution in [0.15, 0.2) is 12.3 Å². The van der Waals surface area contributed by atoms with E-state index in [-0.39, 0.29) is 29.5 Å². The highest BCUT2D eigenvalue weighted by Gasteiger charge is 2.54. The zero-order chi connectivity index (χ0) is 12.9. The number of esters is 1. The van der Waals surface area contributed by atoms with Gasteiger partial charge in [-0.15, -0.1) is 0 Å². The Kier molecular flexibility index (Phi) is 2.50. The zero-order valence-electron chi connectivity index (χ0n) is 10.6. The maximum Gasteiger partial charge on any atom is 0.309 e. The lowest BCUT2D eigenvalue weighted by molar-refractivity contribution is -0.151. The predicted octanol–water partition coefficient (Wildman–Crippen LogP) is 1.98. The van der Waals surface area contributed by atoms with Crippen molar-refractivity contribution < 1.29 is 19.1 Å². The molecule has 4 atom stereocenters. The minimum Gasteiger partial charge on any atom is -0.484 e. The van der Waals surface area contributed by atoms with Gasteiger partial charge in [0.05, 0.1) is 5.92 Å². The Morgan fingerprint density at radius 3 is 2.89 bits per heavy atom. The molecule has 2 aliphatic carbocycles. The molecule has 0 spiro atoms. The largest absolute Gasteiger partial charge is 0.484 e. The van der Waals surface area contributed by atoms with Crippen LogP contribution in [-0.2, 0) is 19.1 Å². The number of ketones is 1. The Morgan fingerprint density at radius 1 is 1.39 bits per heavy atom. The monoisotopic (exact) mass is 250 g/mol. The van der Waals surface area contributed by atoms with Gasteiger partial charge in [-0.25, -0.2) is 0 Å². The van der Waals surface area contributed by atoms with Gasteiger partial charge >= 0.3 is 5.97 Å². The van der Waals surface area contributed by atoms with Crippen molar-refractivity contribution in [2.45, 2.75) is 50.7 Å². The minimum atomic E-state index is -0.397. The lowest BCUT2D eigenvalue weighted by Crippen LogP contribution is -2.47. The van der Waals surface area contributed by atoms with Crippen LogP contribution in [0.5, 0.6) is 0 Å². The number of hydrogen-bond acceptors (Lipinski definition) is 4. The highest BCUT2D eigenvalue weighted by atomic mass is 16.6. The molecule has 2 aliphatic heterocycles. The van der Waals surface area contributed by atoms with E-state index >= 15 is 0 Å². The third-order valence-electron chi connectivity index (χ3n) is 4.44. The average Bonchev–Trinajstić information content (AvgIpc) is 2.41. The van der Waals surface area contributed by atoms with Gasteiger partial charge in [0.1, 0.15) is 11.7 Å². The van der Waals surface area contributed by atoms with Crippen molar-refractivity contribution in [1.82, 2.24) is 0 Å². The Morgan fingerprint density at radius 2 is 2.17 bits per heavy atom. The van der Waals surface area contributed by atoms with E-state index in [0.29, 0.717) is 18.8 Å². The van der Waals surface area contributed by atoms with E-state index in [2.05, 4.69) is 6.58 Å². The summed E-state index contributed by atoms with van der Waals surface area (Å²) in [5, 5.41) is 0. The molecule has 2 heterocycles. The molecule has 4 rings (SSSR count). The van der Waals surface area contributed by atoms with Crippen LogP contribution in [0.2, 0.25) is 0 Å². The van der Waals surface area contributed by atoms with E-state index in [9.17, 15) is 9.59 Å². The maximum absolute atomic E-state index is 11.9. The number of rotatable bonds is 3. The number of Topliss-reactive ketones (excluding diaryl/α,β-unsaturated/α-hetero) is 1. The summed E-state index contributed by atoms with van der Waals surface area (Å²) in [6.45, 7) is 5.14. The van der Waals surface area contributed by atoms with Crippen molar-refractivity contribution in [2.24, 2.45) is 11.8 Å². The first kappa shape index (κ1) is 11.8. The van der Waals surface area contributed by atoms with Gasteiger partial charge in [-0.2, -0.15) is 0 Å². The summed E-state index contributed by atoms with van der Waals surface area (Å²) in [7, 11) is 0. The molecule has 2 saturated carbocycles. The molecule has 0 aromatic carbocycles. The van der Waals surface area contributed by atoms with E-state index in [1.54, 1.807) is 0 Å². The van der Waals surface area contributed by atoms with Gasteiger partial charge in [0.15, 0.2) is 11.5 Å². The third-order valence-corrected chi connectivity index (χ3v) is 4.44. The second-order valence-electron chi connectivity index (χ2n) is 5.97. The fraction of sp³-hybridized carbons (Fsp3) is 0.714. The molecule has 18 heavy (non-hydrogen) atoms. The van der Waals surface area contributed by atoms with Crippen molar-refractivity contribution in [3.63, 3.8) is 0 Å². The van der Waals surface area contributed by atoms with Crippen LogP contribution >= 0.6 is 0 Å². The smallest absolute Gasteiger partial charge is 0.309 e. The normalized spacial score (nSPS) is 41.2. The van der Waals surface area contributed by atoms with Crippen LogP contribution in [0.4, 0.5) is 0 Å². The summed E-state index contributed by atoms with van der Waals surface area (Å²) in [5.74, 6) is 0.409. The third kappa shape index (κ3) is 1.84. The molecule has 0 amide bonds. The molecular formula is C14H18O4. The van der Waals surface area contributed by atoms with E-state index in [4.69, 9.17) is 9.47 Å². The van der Waals surface area contributed by atoms with E-state index in [1.807, 2.05) is 0 Å². The van der Waals surface area contributed by atoms with Crippen molar-refractivity contribution in [3.05, 3.63) is 12.3 Å². The average molecular weight is 250 g/mol. The van der Waals surface area contributed by atoms with Crippen LogP contribution in [0.3, 0.4) is 0 Å². The molecule has 4 heteroatoms. The number of carbonyl (C=O) groups excluding carboxylic acids is 2. The van der Waals surface area contributed by atoms with Crippen molar-refractivity contribution >= 4 is 11.8 Å². The van der Waals surface area contributed by atoms with Crippen LogP contribution in [0.25, 0.3) is 0 Å². The molecule has 4 bridgehead atoms. The summed E-state index contributed by atoms with van der Waals surface area (Å²) < 4.78 is 11.3. The highest BCUT2D eigenvalue weighted by Crippen LogP contribution is 2.51. The molecule has 0 radical (unpaired) electrons. The van der Waals surface area contributed by atoms with E-state index < -0.39 is 5.60 Å². The zero-order valence-corrected chi connectivity index (χ0v) is 10.6. The van der Waals surface area contributed by atoms with Gasteiger partial charge in [-0.1, -0.05) is 6.58 Å². The van der Waals surface area contributed by atoms with Crippen molar-refractivity contribution in [3.8, 4) is 0 Å². The molecule has 2 saturated heterocycles. The first-order chi connectivity index (χ1) is 8.47. The fourth-order valence-electron chi connectivity index (χ4n) is 3.83. The van der Waals surface area contributed by atoms with Gasteiger partial charge in [0.25, 0.3) is 0 Å². The van der Waals surface area contributed by atoms with Gasteiger partial charge < -0.3 is 9.47 Å². The number of hydrogen-bond donors (Lipinski definition) is 0. The Bertz CT molecular complexity index is 428. The SMILES string of the molecule is C=C(OC12CC3CC(C1)OC(=O)C(C3)C2)C(C)=O. The first-order valence-electron chi connectivity index (χ1n) is 6.57. The number of carbonyl (C=O) groups is 2. The second-order valence-corrected chi connectivity index (χ2v) is 5.97. The summed E-state index contributed by atoms with van der Waals surface area (Å²) in [6.07, 6.45) is 4.11. The number of allylic oxidation sites excluding steroid dienone is 1. The van der Waals surface area contributed by atoms with Gasteiger partial charge in [0.2, 0.25) is 0 Å². The van der Waals surface area contributed by atoms with Crippen LogP contribution in [0, 0.1) is 11.8 Å². The second kappa shape index (κ2) is 3.84. The molecule has 4 nitrogen and oxygen atoms in total. The molecular weight excluding hydrogens is 232 g/mol. The Hall–Kier alpha value is -1.32. The molecule has 0 aromatic heterocycles. The van der Waals surface area contributed by atoms with Crippen LogP contribution < -0.4 is 0 Å². The van der Waals surface area contributed by atoms with Gasteiger partial charge in [-0.3, -0.25) is 9.59 Å². The Balaban J connectivity index is 1.86. The molecule has 0 N–H and O–H groups in total. The van der Waals surface area contributed by atoms with Crippen molar-refractivity contribution in [1.29, 1.82) is 0 Å². The summed E-state index contributed by atoms with van der Waals surface area (Å²) in [4.78, 5) is 23.2. The molecule has 4 aliphatic rings. The lowest BCUT2D eigenvalue weighted by Gasteiger charge is -2.46. The van der Waals surface area contributed by atoms with Crippen LogP contribution in [0.1, 0.15) is 39.0 Å². The molecule has 98 valence electrons. The topological polar surface area (TPSA) is 52.6 Å². The van der Waals surface area contributed by atoms with Crippen molar-refractivity contribution in [2.75, 3.05) is 0 Å². The molecule has 0 aromatic rings. The van der Waals surface area contributed by atoms with E-state index in [0.717, 1.165) is 19.3 Å². The van der Waals surface area contributed by atoms with Crippen LogP contribution in [-0.4, -0.2) is 23.5 Å². The lowest BCUT2D eigenvalue weighted by atomic mass is 9.65. The van der Waals surface area contributed by atoms with E-state index in [1.165, 1.54) is 6.92 Å². The minimum absolute atomic E-state index is 0.0384. The Labute approximate surface area is 106 Å². The molecule has 4 fully saturated rings. The summed E-state index contributed by atoms with van der Waals surface area (Å²) >= 11 is 0. The molecule has 4 unspecified atom stereocenters. The maximum atomic E-state index is 11.9. The van der Waals surface area contributed by atoms with Gasteiger partial charge in [-0.05, 0) is 25.2 Å². The van der Waals surface area contributed by atoms with Gasteiger partial charge in [0, 0.05) is 19.8 Å². The number of ether oxygens (including phenoxy) is 2. The summed E-state index contributed by atoms with van der Waals surface area (Å²) in [5.41, 5.74) is -0.397. The predicted molar refractivity (Wildman–Crippen MR) is 63.6 cm³/mol. The quantitative estimate of drug-likeness (QED) is 0.436. The highest BCUT2D eigenvalue weighted by molar-refractivity contribution is 5.90. The standard InChI is InChI=1S/C14H18O4/c1-8(15)9(2)18-14-5-10-3-11(6-14)13(16)17-12(4-10)7-14/h10-12H,2-7H2,1H3. The first-order valence-corrected chi connectivity index (χ1v) is 6.57. The number of fused-ring (bicyclic) bond motifs is 1. The fourth-order valence-corrected chi connectivity index (χ4v) is 3.83. The summed E-state index contributed by atoms with van der Waals surface area (Å²) in [6, 6.07) is 0.